The smallest absolute Gasteiger partial charge is 0.195 e. The van der Waals surface area contributed by atoms with Crippen LogP contribution in [0, 0.1) is 0 Å². The quantitative estimate of drug-likeness (QED) is 0.122. The van der Waals surface area contributed by atoms with E-state index >= 15 is 0 Å². The summed E-state index contributed by atoms with van der Waals surface area (Å²) in [4.78, 5) is 54.0. The van der Waals surface area contributed by atoms with Crippen molar-refractivity contribution in [1.29, 1.82) is 0 Å². The average molecular weight is 737 g/mol. The Morgan fingerprint density at radius 3 is 0.643 bits per heavy atom. The summed E-state index contributed by atoms with van der Waals surface area (Å²) >= 11 is 0. The van der Waals surface area contributed by atoms with Gasteiger partial charge in [0.25, 0.3) is 0 Å². The Hall–Kier alpha value is -6.68. The first-order valence-corrected chi connectivity index (χ1v) is 18.1. The molecule has 0 spiro atoms. The van der Waals surface area contributed by atoms with Gasteiger partial charge in [-0.1, -0.05) is 97.1 Å². The second kappa shape index (κ2) is 13.6. The molecule has 15 aliphatic carbocycles. The van der Waals surface area contributed by atoms with Gasteiger partial charge in [-0.15, -0.1) is 0 Å². The summed E-state index contributed by atoms with van der Waals surface area (Å²) in [5.41, 5.74) is 2.59. The van der Waals surface area contributed by atoms with Gasteiger partial charge in [0.05, 0.1) is 0 Å². The molecule has 0 radical (unpaired) electrons. The molecule has 0 aliphatic heterocycles. The fourth-order valence-corrected chi connectivity index (χ4v) is 7.59. The summed E-state index contributed by atoms with van der Waals surface area (Å²) in [6.07, 6.45) is -5.85. The molecular weight excluding hydrogens is 705 g/mol. The topological polar surface area (TPSA) is 149 Å². The van der Waals surface area contributed by atoms with Crippen molar-refractivity contribution in [3.05, 3.63) is 190 Å². The lowest BCUT2D eigenvalue weighted by molar-refractivity contribution is 0.0743. The second-order valence-electron chi connectivity index (χ2n) is 14.4. The van der Waals surface area contributed by atoms with Crippen LogP contribution in [-0.2, 0) is 0 Å². The molecule has 0 aromatic heterocycles. The SMILES string of the molecule is O=C1c2ccc3cc(ccc3c2)[C@@H](O)C(=O)c2ccc3cc(ccc3c2)C(=O)[C@H](O)c2ccc3cc(ccc3c2)[C@H](O)C(=O)c2ccc3cc(ccc3c2)[C@@H]1O. The molecule has 56 heavy (non-hydrogen) atoms. The van der Waals surface area contributed by atoms with Gasteiger partial charge in [0.1, 0.15) is 24.4 Å². The molecule has 0 saturated heterocycles. The minimum Gasteiger partial charge on any atom is -0.380 e. The summed E-state index contributed by atoms with van der Waals surface area (Å²) < 4.78 is 0. The van der Waals surface area contributed by atoms with Crippen LogP contribution >= 0.6 is 0 Å². The highest BCUT2D eigenvalue weighted by Crippen LogP contribution is 2.32. The van der Waals surface area contributed by atoms with Crippen molar-refractivity contribution in [2.75, 3.05) is 0 Å². The number of aliphatic hydroxyl groups excluding tert-OH is 4. The molecule has 8 heteroatoms. The molecule has 8 aromatic carbocycles. The number of carbonyl (C=O) groups excluding carboxylic acids is 4. The number of hydrogen-bond donors (Lipinski definition) is 4. The molecule has 4 atom stereocenters. The van der Waals surface area contributed by atoms with Gasteiger partial charge in [-0.25, -0.2) is 0 Å². The van der Waals surface area contributed by atoms with E-state index in [1.165, 1.54) is 0 Å². The van der Waals surface area contributed by atoms with Crippen LogP contribution in [0.25, 0.3) is 43.1 Å². The summed E-state index contributed by atoms with van der Waals surface area (Å²) in [7, 11) is 0. The number of rotatable bonds is 0. The Balaban J connectivity index is 1.12. The third-order valence-electron chi connectivity index (χ3n) is 10.9. The number of ketones is 4. The zero-order valence-electron chi connectivity index (χ0n) is 29.6. The minimum absolute atomic E-state index is 0.274. The van der Waals surface area contributed by atoms with Crippen LogP contribution in [-0.4, -0.2) is 43.6 Å². The van der Waals surface area contributed by atoms with E-state index in [0.29, 0.717) is 65.3 Å². The molecule has 8 nitrogen and oxygen atoms in total. The van der Waals surface area contributed by atoms with E-state index in [0.717, 1.165) is 0 Å². The number of aliphatic hydroxyl groups is 4. The van der Waals surface area contributed by atoms with Gasteiger partial charge in [0.2, 0.25) is 0 Å². The largest absolute Gasteiger partial charge is 0.380 e. The number of benzene rings is 8. The maximum Gasteiger partial charge on any atom is 0.195 e. The Morgan fingerprint density at radius 1 is 0.250 bits per heavy atom. The first kappa shape index (κ1) is 35.0. The molecule has 272 valence electrons. The van der Waals surface area contributed by atoms with Crippen molar-refractivity contribution in [2.45, 2.75) is 24.4 Å². The van der Waals surface area contributed by atoms with Crippen molar-refractivity contribution < 1.29 is 39.6 Å². The average Bonchev–Trinajstić information content (AvgIpc) is 3.25. The van der Waals surface area contributed by atoms with Gasteiger partial charge < -0.3 is 20.4 Å². The zero-order valence-corrected chi connectivity index (χ0v) is 29.6. The van der Waals surface area contributed by atoms with Crippen LogP contribution < -0.4 is 0 Å². The Morgan fingerprint density at radius 2 is 0.429 bits per heavy atom. The molecule has 0 heterocycles. The van der Waals surface area contributed by atoms with Crippen LogP contribution in [0.3, 0.4) is 0 Å². The van der Waals surface area contributed by atoms with Crippen molar-refractivity contribution in [3.8, 4) is 0 Å². The van der Waals surface area contributed by atoms with Crippen LogP contribution in [0.2, 0.25) is 0 Å². The molecule has 0 saturated carbocycles. The molecule has 0 fully saturated rings. The lowest BCUT2D eigenvalue weighted by atomic mass is 9.92. The maximum atomic E-state index is 13.5. The monoisotopic (exact) mass is 736 g/mol. The van der Waals surface area contributed by atoms with E-state index in [2.05, 4.69) is 0 Å². The molecule has 23 rings (SSSR count). The number of hydrogen-bond acceptors (Lipinski definition) is 8. The summed E-state index contributed by atoms with van der Waals surface area (Å²) in [5, 5.41) is 50.1. The van der Waals surface area contributed by atoms with Crippen molar-refractivity contribution in [2.24, 2.45) is 0 Å². The molecule has 0 unspecified atom stereocenters. The third kappa shape index (κ3) is 6.07. The molecule has 16 bridgehead atoms. The Bertz CT molecular complexity index is 2980. The highest BCUT2D eigenvalue weighted by atomic mass is 16.3. The van der Waals surface area contributed by atoms with E-state index in [1.807, 2.05) is 0 Å². The molecular formula is C48H32O8. The van der Waals surface area contributed by atoms with Crippen molar-refractivity contribution >= 4 is 66.2 Å². The predicted octanol–water partition coefficient (Wildman–Crippen LogP) is 8.28. The summed E-state index contributed by atoms with van der Waals surface area (Å²) in [6, 6.07) is 39.8. The van der Waals surface area contributed by atoms with Gasteiger partial charge in [-0.05, 0) is 114 Å². The van der Waals surface area contributed by atoms with Gasteiger partial charge in [-0.2, -0.15) is 0 Å². The van der Waals surface area contributed by atoms with Crippen LogP contribution in [0.5, 0.6) is 0 Å². The fourth-order valence-electron chi connectivity index (χ4n) is 7.59. The molecule has 15 aliphatic rings. The van der Waals surface area contributed by atoms with Gasteiger partial charge >= 0.3 is 0 Å². The highest BCUT2D eigenvalue weighted by molar-refractivity contribution is 6.08. The normalized spacial score (nSPS) is 19.2. The second-order valence-corrected chi connectivity index (χ2v) is 14.4. The number of carbonyl (C=O) groups is 4. The van der Waals surface area contributed by atoms with Gasteiger partial charge in [0, 0.05) is 22.3 Å². The summed E-state index contributed by atoms with van der Waals surface area (Å²) in [5.74, 6) is -2.05. The Kier molecular flexibility index (Phi) is 8.49. The Labute approximate surface area is 319 Å². The lowest BCUT2D eigenvalue weighted by Gasteiger charge is -2.15. The molecule has 0 amide bonds. The van der Waals surface area contributed by atoms with Gasteiger partial charge in [0.15, 0.2) is 23.1 Å². The van der Waals surface area contributed by atoms with Crippen molar-refractivity contribution in [1.82, 2.24) is 0 Å². The zero-order chi connectivity index (χ0) is 38.8. The number of Topliss-reactive ketones (excluding diaryl/α,β-unsaturated/α-hetero) is 4. The van der Waals surface area contributed by atoms with Crippen molar-refractivity contribution in [3.63, 3.8) is 0 Å². The van der Waals surface area contributed by atoms with E-state index in [1.54, 1.807) is 146 Å². The standard InChI is InChI=1S/C48H32O8/c49-41-33-9-1-25-17-34(10-2-26(25)18-33)42(50)44(52)36-12-4-30-22-38(14-6-29(30)20-36)46(54)48(56)40-16-8-31-23-39(15-7-32(31)24-40)47(55)45(53)37-13-5-27-19-35(43(41)51)11-3-28(27)21-37/h1-24,41-42,45,48-50,53,56H/t41-,42+,45-,48+/m0/s1. The minimum atomic E-state index is -1.47. The molecule has 8 aromatic rings. The lowest BCUT2D eigenvalue weighted by Crippen LogP contribution is -2.14. The van der Waals surface area contributed by atoms with Crippen LogP contribution in [0.15, 0.2) is 146 Å². The van der Waals surface area contributed by atoms with Gasteiger partial charge in [-0.3, -0.25) is 19.2 Å². The highest BCUT2D eigenvalue weighted by Gasteiger charge is 2.25. The third-order valence-corrected chi connectivity index (χ3v) is 10.9. The molecule has 4 N–H and O–H groups in total. The first-order chi connectivity index (χ1) is 27.0. The predicted molar refractivity (Wildman–Crippen MR) is 213 cm³/mol. The summed E-state index contributed by atoms with van der Waals surface area (Å²) in [6.45, 7) is 0. The van der Waals surface area contributed by atoms with E-state index in [-0.39, 0.29) is 22.3 Å². The maximum absolute atomic E-state index is 13.5. The fraction of sp³-hybridized carbons (Fsp3) is 0.0833. The van der Waals surface area contributed by atoms with E-state index in [9.17, 15) is 39.6 Å². The first-order valence-electron chi connectivity index (χ1n) is 18.1. The van der Waals surface area contributed by atoms with Crippen LogP contribution in [0.1, 0.15) is 88.1 Å². The van der Waals surface area contributed by atoms with E-state index < -0.39 is 47.5 Å². The van der Waals surface area contributed by atoms with Crippen LogP contribution in [0.4, 0.5) is 0 Å². The van der Waals surface area contributed by atoms with E-state index in [4.69, 9.17) is 0 Å².